The molecule has 112 valence electrons. The Morgan fingerprint density at radius 1 is 1.40 bits per heavy atom. The first-order chi connectivity index (χ1) is 9.55. The van der Waals surface area contributed by atoms with Crippen LogP contribution in [0.1, 0.15) is 33.6 Å². The van der Waals surface area contributed by atoms with Crippen LogP contribution in [0.2, 0.25) is 0 Å². The van der Waals surface area contributed by atoms with E-state index in [-0.39, 0.29) is 5.54 Å². The fraction of sp³-hybridized carbons (Fsp3) is 0.625. The first-order valence-electron chi connectivity index (χ1n) is 7.40. The van der Waals surface area contributed by atoms with Crippen molar-refractivity contribution in [2.24, 2.45) is 0 Å². The Morgan fingerprint density at radius 2 is 2.10 bits per heavy atom. The van der Waals surface area contributed by atoms with Crippen LogP contribution in [0.3, 0.4) is 0 Å². The summed E-state index contributed by atoms with van der Waals surface area (Å²) in [7, 11) is 1.74. The summed E-state index contributed by atoms with van der Waals surface area (Å²) in [6, 6.07) is 6.69. The van der Waals surface area contributed by atoms with E-state index in [1.54, 1.807) is 7.11 Å². The Morgan fingerprint density at radius 3 is 2.70 bits per heavy atom. The summed E-state index contributed by atoms with van der Waals surface area (Å²) in [6.07, 6.45) is 2.28. The Labute approximate surface area is 130 Å². The van der Waals surface area contributed by atoms with Gasteiger partial charge in [-0.2, -0.15) is 0 Å². The number of rotatable bonds is 4. The predicted molar refractivity (Wildman–Crippen MR) is 88.8 cm³/mol. The molecule has 3 nitrogen and oxygen atoms in total. The highest BCUT2D eigenvalue weighted by Gasteiger charge is 2.36. The van der Waals surface area contributed by atoms with Crippen molar-refractivity contribution >= 4 is 21.6 Å². The Bertz CT molecular complexity index is 460. The molecule has 1 aliphatic heterocycles. The van der Waals surface area contributed by atoms with Crippen LogP contribution < -0.4 is 15.0 Å². The highest BCUT2D eigenvalue weighted by molar-refractivity contribution is 9.10. The summed E-state index contributed by atoms with van der Waals surface area (Å²) in [4.78, 5) is 2.48. The van der Waals surface area contributed by atoms with Crippen molar-refractivity contribution in [2.75, 3.05) is 25.1 Å². The van der Waals surface area contributed by atoms with Crippen molar-refractivity contribution in [3.05, 3.63) is 22.7 Å². The smallest absolute Gasteiger partial charge is 0.142 e. The summed E-state index contributed by atoms with van der Waals surface area (Å²) in [6.45, 7) is 8.83. The molecule has 1 aromatic carbocycles. The van der Waals surface area contributed by atoms with Crippen molar-refractivity contribution < 1.29 is 4.74 Å². The molecule has 1 aliphatic rings. The van der Waals surface area contributed by atoms with Crippen LogP contribution in [0.5, 0.6) is 5.75 Å². The minimum absolute atomic E-state index is 0.208. The molecule has 4 heteroatoms. The molecule has 20 heavy (non-hydrogen) atoms. The molecule has 2 rings (SSSR count). The van der Waals surface area contributed by atoms with Crippen molar-refractivity contribution in [2.45, 2.75) is 45.2 Å². The molecular formula is C16H25BrN2O. The van der Waals surface area contributed by atoms with Crippen molar-refractivity contribution in [3.63, 3.8) is 0 Å². The zero-order chi connectivity index (χ0) is 14.8. The third kappa shape index (κ3) is 2.96. The Hall–Kier alpha value is -0.740. The summed E-state index contributed by atoms with van der Waals surface area (Å²) < 4.78 is 6.65. The average molecular weight is 341 g/mol. The van der Waals surface area contributed by atoms with Crippen molar-refractivity contribution in [1.82, 2.24) is 5.32 Å². The lowest BCUT2D eigenvalue weighted by Gasteiger charge is -2.48. The van der Waals surface area contributed by atoms with Gasteiger partial charge >= 0.3 is 0 Å². The van der Waals surface area contributed by atoms with Crippen LogP contribution in [-0.4, -0.2) is 31.8 Å². The monoisotopic (exact) mass is 340 g/mol. The number of nitrogens with one attached hydrogen (secondary N) is 1. The van der Waals surface area contributed by atoms with Gasteiger partial charge in [-0.25, -0.2) is 0 Å². The molecular weight excluding hydrogens is 316 g/mol. The minimum atomic E-state index is 0.208. The van der Waals surface area contributed by atoms with E-state index in [4.69, 9.17) is 4.74 Å². The molecule has 0 saturated carbocycles. The van der Waals surface area contributed by atoms with Gasteiger partial charge in [0.1, 0.15) is 5.75 Å². The summed E-state index contributed by atoms with van der Waals surface area (Å²) in [5, 5.41) is 3.74. The molecule has 1 heterocycles. The lowest BCUT2D eigenvalue weighted by atomic mass is 9.88. The van der Waals surface area contributed by atoms with Crippen LogP contribution in [0.15, 0.2) is 22.7 Å². The van der Waals surface area contributed by atoms with Gasteiger partial charge in [-0.15, -0.1) is 0 Å². The zero-order valence-corrected chi connectivity index (χ0v) is 14.5. The number of anilines is 1. The van der Waals surface area contributed by atoms with Crippen molar-refractivity contribution in [1.29, 1.82) is 0 Å². The minimum Gasteiger partial charge on any atom is -0.495 e. The third-order valence-electron chi connectivity index (χ3n) is 4.58. The summed E-state index contributed by atoms with van der Waals surface area (Å²) in [5.74, 6) is 0.947. The summed E-state index contributed by atoms with van der Waals surface area (Å²) in [5.41, 5.74) is 1.39. The van der Waals surface area contributed by atoms with Gasteiger partial charge < -0.3 is 15.0 Å². The highest BCUT2D eigenvalue weighted by atomic mass is 79.9. The molecule has 0 aromatic heterocycles. The van der Waals surface area contributed by atoms with Crippen LogP contribution in [0.4, 0.5) is 5.69 Å². The topological polar surface area (TPSA) is 24.5 Å². The SMILES string of the molecule is CCC1(CC)CN(c2cc(Br)ccc2OC)C(C)CN1. The average Bonchev–Trinajstić information content (AvgIpc) is 2.48. The van der Waals surface area contributed by atoms with Gasteiger partial charge in [0, 0.05) is 29.1 Å². The second kappa shape index (κ2) is 6.35. The van der Waals surface area contributed by atoms with Gasteiger partial charge in [-0.1, -0.05) is 29.8 Å². The van der Waals surface area contributed by atoms with E-state index in [0.717, 1.165) is 36.2 Å². The fourth-order valence-electron chi connectivity index (χ4n) is 2.95. The molecule has 0 amide bonds. The molecule has 1 saturated heterocycles. The standard InChI is InChI=1S/C16H25BrN2O/c1-5-16(6-2)11-19(12(3)10-18-16)14-9-13(17)7-8-15(14)20-4/h7-9,12,18H,5-6,10-11H2,1-4H3. The molecule has 1 N–H and O–H groups in total. The van der Waals surface area contributed by atoms with E-state index >= 15 is 0 Å². The first-order valence-corrected chi connectivity index (χ1v) is 8.19. The summed E-state index contributed by atoms with van der Waals surface area (Å²) >= 11 is 3.58. The van der Waals surface area contributed by atoms with Gasteiger partial charge in [-0.3, -0.25) is 0 Å². The van der Waals surface area contributed by atoms with E-state index in [1.807, 2.05) is 12.1 Å². The number of ether oxygens (including phenoxy) is 1. The fourth-order valence-corrected chi connectivity index (χ4v) is 3.30. The van der Waals surface area contributed by atoms with Gasteiger partial charge in [0.15, 0.2) is 0 Å². The molecule has 0 spiro atoms. The molecule has 1 atom stereocenters. The number of nitrogens with zero attached hydrogens (tertiary/aromatic N) is 1. The lowest BCUT2D eigenvalue weighted by molar-refractivity contribution is 0.252. The van der Waals surface area contributed by atoms with Crippen molar-refractivity contribution in [3.8, 4) is 5.75 Å². The molecule has 0 bridgehead atoms. The van der Waals surface area contributed by atoms with Crippen LogP contribution in [0, 0.1) is 0 Å². The van der Waals surface area contributed by atoms with E-state index in [1.165, 1.54) is 5.69 Å². The Balaban J connectivity index is 2.36. The maximum atomic E-state index is 5.55. The quantitative estimate of drug-likeness (QED) is 0.901. The predicted octanol–water partition coefficient (Wildman–Crippen LogP) is 3.81. The molecule has 1 fully saturated rings. The zero-order valence-electron chi connectivity index (χ0n) is 12.9. The van der Waals surface area contributed by atoms with Crippen LogP contribution >= 0.6 is 15.9 Å². The van der Waals surface area contributed by atoms with E-state index in [2.05, 4.69) is 53.0 Å². The number of halogens is 1. The van der Waals surface area contributed by atoms with E-state index in [0.29, 0.717) is 6.04 Å². The van der Waals surface area contributed by atoms with Gasteiger partial charge in [0.25, 0.3) is 0 Å². The molecule has 1 unspecified atom stereocenters. The normalized spacial score (nSPS) is 21.9. The maximum absolute atomic E-state index is 5.55. The first kappa shape index (κ1) is 15.6. The Kier molecular flexibility index (Phi) is 4.97. The lowest BCUT2D eigenvalue weighted by Crippen LogP contribution is -2.63. The van der Waals surface area contributed by atoms with E-state index < -0.39 is 0 Å². The van der Waals surface area contributed by atoms with Gasteiger partial charge in [0.2, 0.25) is 0 Å². The number of hydrogen-bond acceptors (Lipinski definition) is 3. The number of hydrogen-bond donors (Lipinski definition) is 1. The van der Waals surface area contributed by atoms with Gasteiger partial charge in [-0.05, 0) is 38.0 Å². The van der Waals surface area contributed by atoms with E-state index in [9.17, 15) is 0 Å². The van der Waals surface area contributed by atoms with Crippen LogP contribution in [0.25, 0.3) is 0 Å². The second-order valence-electron chi connectivity index (χ2n) is 5.66. The number of methoxy groups -OCH3 is 1. The second-order valence-corrected chi connectivity index (χ2v) is 6.58. The number of benzene rings is 1. The van der Waals surface area contributed by atoms with Crippen LogP contribution in [-0.2, 0) is 0 Å². The largest absolute Gasteiger partial charge is 0.495 e. The molecule has 0 aliphatic carbocycles. The maximum Gasteiger partial charge on any atom is 0.142 e. The van der Waals surface area contributed by atoms with Gasteiger partial charge in [0.05, 0.1) is 12.8 Å². The highest BCUT2D eigenvalue weighted by Crippen LogP contribution is 2.35. The molecule has 0 radical (unpaired) electrons. The number of piperazine rings is 1. The third-order valence-corrected chi connectivity index (χ3v) is 5.07. The molecule has 1 aromatic rings.